The highest BCUT2D eigenvalue weighted by atomic mass is 16.5. The van der Waals surface area contributed by atoms with Gasteiger partial charge < -0.3 is 15.0 Å². The van der Waals surface area contributed by atoms with Crippen molar-refractivity contribution in [2.24, 2.45) is 5.92 Å². The van der Waals surface area contributed by atoms with Crippen molar-refractivity contribution in [2.75, 3.05) is 32.8 Å². The van der Waals surface area contributed by atoms with E-state index < -0.39 is 0 Å². The van der Waals surface area contributed by atoms with Crippen molar-refractivity contribution in [3.8, 4) is 0 Å². The van der Waals surface area contributed by atoms with Gasteiger partial charge in [-0.2, -0.15) is 0 Å². The highest BCUT2D eigenvalue weighted by Crippen LogP contribution is 2.14. The molecule has 1 amide bonds. The Bertz CT molecular complexity index is 231. The molecule has 0 saturated carbocycles. The molecule has 0 radical (unpaired) electrons. The molecule has 0 unspecified atom stereocenters. The molecular formula is C12H22N2O2. The molecule has 16 heavy (non-hydrogen) atoms. The summed E-state index contributed by atoms with van der Waals surface area (Å²) in [5.74, 6) is 0.911. The minimum Gasteiger partial charge on any atom is -0.381 e. The third kappa shape index (κ3) is 3.19. The summed E-state index contributed by atoms with van der Waals surface area (Å²) >= 11 is 0. The maximum absolute atomic E-state index is 11.2. The van der Waals surface area contributed by atoms with E-state index in [-0.39, 0.29) is 5.91 Å². The number of nitrogens with one attached hydrogen (secondary N) is 1. The van der Waals surface area contributed by atoms with Gasteiger partial charge in [0.2, 0.25) is 5.91 Å². The van der Waals surface area contributed by atoms with E-state index in [9.17, 15) is 4.79 Å². The first-order valence-electron chi connectivity index (χ1n) is 6.32. The monoisotopic (exact) mass is 226 g/mol. The SMILES string of the molecule is CC(=O)N1CCC(NC[C@H]2CCOC2)CC1. The molecule has 2 aliphatic heterocycles. The average molecular weight is 226 g/mol. The van der Waals surface area contributed by atoms with Crippen LogP contribution in [-0.2, 0) is 9.53 Å². The van der Waals surface area contributed by atoms with Crippen molar-refractivity contribution < 1.29 is 9.53 Å². The number of ether oxygens (including phenoxy) is 1. The van der Waals surface area contributed by atoms with E-state index in [0.29, 0.717) is 12.0 Å². The summed E-state index contributed by atoms with van der Waals surface area (Å²) < 4.78 is 5.35. The fourth-order valence-electron chi connectivity index (χ4n) is 2.48. The number of hydrogen-bond donors (Lipinski definition) is 1. The van der Waals surface area contributed by atoms with Gasteiger partial charge in [0.1, 0.15) is 0 Å². The first-order chi connectivity index (χ1) is 7.75. The zero-order valence-electron chi connectivity index (χ0n) is 10.1. The van der Waals surface area contributed by atoms with Crippen LogP contribution in [0.4, 0.5) is 0 Å². The summed E-state index contributed by atoms with van der Waals surface area (Å²) in [6.45, 7) is 6.39. The summed E-state index contributed by atoms with van der Waals surface area (Å²) in [5.41, 5.74) is 0. The third-order valence-electron chi connectivity index (χ3n) is 3.66. The van der Waals surface area contributed by atoms with Crippen molar-refractivity contribution in [3.05, 3.63) is 0 Å². The second-order valence-corrected chi connectivity index (χ2v) is 4.92. The van der Waals surface area contributed by atoms with Crippen LogP contribution in [0.25, 0.3) is 0 Å². The third-order valence-corrected chi connectivity index (χ3v) is 3.66. The van der Waals surface area contributed by atoms with Crippen LogP contribution in [0.2, 0.25) is 0 Å². The molecule has 2 saturated heterocycles. The van der Waals surface area contributed by atoms with E-state index in [1.807, 2.05) is 4.90 Å². The van der Waals surface area contributed by atoms with E-state index in [0.717, 1.165) is 45.7 Å². The van der Waals surface area contributed by atoms with E-state index in [2.05, 4.69) is 5.32 Å². The molecule has 2 rings (SSSR count). The first kappa shape index (κ1) is 11.9. The minimum atomic E-state index is 0.211. The molecule has 4 nitrogen and oxygen atoms in total. The summed E-state index contributed by atoms with van der Waals surface area (Å²) in [7, 11) is 0. The molecule has 1 N–H and O–H groups in total. The molecule has 2 fully saturated rings. The standard InChI is InChI=1S/C12H22N2O2/c1-10(15)14-5-2-12(3-6-14)13-8-11-4-7-16-9-11/h11-13H,2-9H2,1H3/t11-/m1/s1. The summed E-state index contributed by atoms with van der Waals surface area (Å²) in [4.78, 5) is 13.1. The van der Waals surface area contributed by atoms with Crippen LogP contribution in [0.5, 0.6) is 0 Å². The molecule has 0 aliphatic carbocycles. The highest BCUT2D eigenvalue weighted by molar-refractivity contribution is 5.73. The van der Waals surface area contributed by atoms with Crippen molar-refractivity contribution in [1.29, 1.82) is 0 Å². The van der Waals surface area contributed by atoms with Crippen LogP contribution >= 0.6 is 0 Å². The number of rotatable bonds is 3. The van der Waals surface area contributed by atoms with Crippen LogP contribution in [-0.4, -0.2) is 49.7 Å². The van der Waals surface area contributed by atoms with Crippen molar-refractivity contribution in [3.63, 3.8) is 0 Å². The van der Waals surface area contributed by atoms with Crippen LogP contribution in [0.15, 0.2) is 0 Å². The molecule has 92 valence electrons. The van der Waals surface area contributed by atoms with Gasteiger partial charge in [0, 0.05) is 39.2 Å². The van der Waals surface area contributed by atoms with E-state index >= 15 is 0 Å². The summed E-state index contributed by atoms with van der Waals surface area (Å²) in [6.07, 6.45) is 3.37. The van der Waals surface area contributed by atoms with E-state index in [1.165, 1.54) is 6.42 Å². The van der Waals surface area contributed by atoms with Gasteiger partial charge in [-0.05, 0) is 25.2 Å². The largest absolute Gasteiger partial charge is 0.381 e. The lowest BCUT2D eigenvalue weighted by molar-refractivity contribution is -0.129. The Morgan fingerprint density at radius 3 is 2.69 bits per heavy atom. The zero-order chi connectivity index (χ0) is 11.4. The Labute approximate surface area is 97.3 Å². The number of likely N-dealkylation sites (tertiary alicyclic amines) is 1. The fourth-order valence-corrected chi connectivity index (χ4v) is 2.48. The molecular weight excluding hydrogens is 204 g/mol. The van der Waals surface area contributed by atoms with Crippen LogP contribution < -0.4 is 5.32 Å². The normalized spacial score (nSPS) is 27.3. The lowest BCUT2D eigenvalue weighted by Gasteiger charge is -2.32. The molecule has 2 aliphatic rings. The van der Waals surface area contributed by atoms with Gasteiger partial charge in [-0.1, -0.05) is 0 Å². The lowest BCUT2D eigenvalue weighted by Crippen LogP contribution is -2.45. The van der Waals surface area contributed by atoms with Crippen LogP contribution in [0.1, 0.15) is 26.2 Å². The number of hydrogen-bond acceptors (Lipinski definition) is 3. The van der Waals surface area contributed by atoms with E-state index in [4.69, 9.17) is 4.74 Å². The second kappa shape index (κ2) is 5.64. The first-order valence-corrected chi connectivity index (χ1v) is 6.32. The fraction of sp³-hybridized carbons (Fsp3) is 0.917. The maximum Gasteiger partial charge on any atom is 0.219 e. The van der Waals surface area contributed by atoms with Gasteiger partial charge >= 0.3 is 0 Å². The molecule has 0 spiro atoms. The number of amides is 1. The average Bonchev–Trinajstić information content (AvgIpc) is 2.80. The summed E-state index contributed by atoms with van der Waals surface area (Å²) in [6, 6.07) is 0.594. The van der Waals surface area contributed by atoms with Gasteiger partial charge in [0.05, 0.1) is 6.61 Å². The Balaban J connectivity index is 1.63. The van der Waals surface area contributed by atoms with Gasteiger partial charge in [-0.25, -0.2) is 0 Å². The number of nitrogens with zero attached hydrogens (tertiary/aromatic N) is 1. The molecule has 4 heteroatoms. The number of carbonyl (C=O) groups excluding carboxylic acids is 1. The van der Waals surface area contributed by atoms with Crippen molar-refractivity contribution in [1.82, 2.24) is 10.2 Å². The highest BCUT2D eigenvalue weighted by Gasteiger charge is 2.22. The van der Waals surface area contributed by atoms with Crippen LogP contribution in [0, 0.1) is 5.92 Å². The van der Waals surface area contributed by atoms with Gasteiger partial charge in [0.25, 0.3) is 0 Å². The predicted octanol–water partition coefficient (Wildman–Crippen LogP) is 0.623. The lowest BCUT2D eigenvalue weighted by atomic mass is 10.0. The van der Waals surface area contributed by atoms with E-state index in [1.54, 1.807) is 6.92 Å². The van der Waals surface area contributed by atoms with Gasteiger partial charge in [-0.15, -0.1) is 0 Å². The Morgan fingerprint density at radius 2 is 2.12 bits per heavy atom. The van der Waals surface area contributed by atoms with Crippen molar-refractivity contribution >= 4 is 5.91 Å². The number of carbonyl (C=O) groups is 1. The molecule has 0 aromatic rings. The van der Waals surface area contributed by atoms with Crippen molar-refractivity contribution in [2.45, 2.75) is 32.2 Å². The molecule has 0 bridgehead atoms. The Morgan fingerprint density at radius 1 is 1.38 bits per heavy atom. The smallest absolute Gasteiger partial charge is 0.219 e. The maximum atomic E-state index is 11.2. The van der Waals surface area contributed by atoms with Crippen LogP contribution in [0.3, 0.4) is 0 Å². The molecule has 2 heterocycles. The number of piperidine rings is 1. The quantitative estimate of drug-likeness (QED) is 0.767. The summed E-state index contributed by atoms with van der Waals surface area (Å²) in [5, 5.41) is 3.61. The zero-order valence-corrected chi connectivity index (χ0v) is 10.1. The molecule has 1 atom stereocenters. The van der Waals surface area contributed by atoms with Gasteiger partial charge in [-0.3, -0.25) is 4.79 Å². The van der Waals surface area contributed by atoms with Gasteiger partial charge in [0.15, 0.2) is 0 Å². The Hall–Kier alpha value is -0.610. The topological polar surface area (TPSA) is 41.6 Å². The predicted molar refractivity (Wildman–Crippen MR) is 62.2 cm³/mol. The molecule has 0 aromatic heterocycles. The molecule has 0 aromatic carbocycles. The minimum absolute atomic E-state index is 0.211. The second-order valence-electron chi connectivity index (χ2n) is 4.92. The Kier molecular flexibility index (Phi) is 4.18.